The van der Waals surface area contributed by atoms with Crippen LogP contribution in [-0.4, -0.2) is 11.7 Å². The number of aliphatic hydroxyl groups excluding tert-OH is 1. The first-order valence-corrected chi connectivity index (χ1v) is 6.93. The summed E-state index contributed by atoms with van der Waals surface area (Å²) in [5.74, 6) is 0.909. The average molecular weight is 271 g/mol. The van der Waals surface area contributed by atoms with Gasteiger partial charge in [-0.15, -0.1) is 0 Å². The molecule has 0 saturated carbocycles. The van der Waals surface area contributed by atoms with Gasteiger partial charge in [-0.2, -0.15) is 0 Å². The van der Waals surface area contributed by atoms with Gasteiger partial charge in [0.25, 0.3) is 0 Å². The summed E-state index contributed by atoms with van der Waals surface area (Å²) in [5, 5.41) is 12.5. The van der Waals surface area contributed by atoms with Crippen LogP contribution in [0.1, 0.15) is 23.6 Å². The van der Waals surface area contributed by atoms with E-state index >= 15 is 0 Å². The fraction of sp³-hybridized carbons (Fsp3) is 0.294. The number of benzene rings is 2. The normalized spacial score (nSPS) is 10.5. The highest BCUT2D eigenvalue weighted by atomic mass is 16.5. The molecule has 0 aliphatic rings. The van der Waals surface area contributed by atoms with Gasteiger partial charge in [0.2, 0.25) is 0 Å². The Balaban J connectivity index is 1.82. The van der Waals surface area contributed by atoms with E-state index in [0.29, 0.717) is 6.61 Å². The third kappa shape index (κ3) is 4.37. The van der Waals surface area contributed by atoms with Crippen LogP contribution in [0.2, 0.25) is 0 Å². The molecule has 0 heterocycles. The molecule has 0 bridgehead atoms. The Morgan fingerprint density at radius 3 is 2.35 bits per heavy atom. The van der Waals surface area contributed by atoms with Crippen LogP contribution in [0.15, 0.2) is 48.5 Å². The lowest BCUT2D eigenvalue weighted by Crippen LogP contribution is -2.12. The van der Waals surface area contributed by atoms with E-state index in [1.165, 1.54) is 11.1 Å². The summed E-state index contributed by atoms with van der Waals surface area (Å²) in [7, 11) is 0. The van der Waals surface area contributed by atoms with Crippen molar-refractivity contribution in [2.45, 2.75) is 26.6 Å². The molecule has 20 heavy (non-hydrogen) atoms. The minimum absolute atomic E-state index is 0.0900. The molecule has 0 aliphatic carbocycles. The van der Waals surface area contributed by atoms with Crippen LogP contribution in [0, 0.1) is 0 Å². The van der Waals surface area contributed by atoms with E-state index in [1.54, 1.807) is 0 Å². The summed E-state index contributed by atoms with van der Waals surface area (Å²) in [6.45, 7) is 4.37. The molecule has 2 rings (SSSR count). The zero-order valence-corrected chi connectivity index (χ0v) is 11.8. The van der Waals surface area contributed by atoms with Gasteiger partial charge in [-0.25, -0.2) is 0 Å². The van der Waals surface area contributed by atoms with Crippen LogP contribution in [0.4, 0.5) is 0 Å². The first kappa shape index (κ1) is 14.6. The zero-order valence-electron chi connectivity index (χ0n) is 11.8. The van der Waals surface area contributed by atoms with Crippen LogP contribution < -0.4 is 10.1 Å². The summed E-state index contributed by atoms with van der Waals surface area (Å²) < 4.78 is 5.42. The Labute approximate surface area is 120 Å². The summed E-state index contributed by atoms with van der Waals surface area (Å²) >= 11 is 0. The molecule has 106 valence electrons. The van der Waals surface area contributed by atoms with Gasteiger partial charge in [0, 0.05) is 13.1 Å². The highest BCUT2D eigenvalue weighted by molar-refractivity contribution is 5.27. The molecule has 0 spiro atoms. The molecule has 3 heteroatoms. The highest BCUT2D eigenvalue weighted by Gasteiger charge is 1.97. The molecule has 0 radical (unpaired) electrons. The van der Waals surface area contributed by atoms with Crippen molar-refractivity contribution in [1.82, 2.24) is 5.32 Å². The Morgan fingerprint density at radius 1 is 0.950 bits per heavy atom. The molecular weight excluding hydrogens is 250 g/mol. The Bertz CT molecular complexity index is 523. The maximum absolute atomic E-state index is 9.10. The van der Waals surface area contributed by atoms with E-state index in [1.807, 2.05) is 37.3 Å². The first-order valence-electron chi connectivity index (χ1n) is 6.93. The largest absolute Gasteiger partial charge is 0.494 e. The van der Waals surface area contributed by atoms with Crippen LogP contribution >= 0.6 is 0 Å². The van der Waals surface area contributed by atoms with Crippen molar-refractivity contribution in [1.29, 1.82) is 0 Å². The number of hydrogen-bond donors (Lipinski definition) is 2. The monoisotopic (exact) mass is 271 g/mol. The molecule has 0 aromatic heterocycles. The molecule has 2 N–H and O–H groups in total. The van der Waals surface area contributed by atoms with Crippen molar-refractivity contribution in [3.05, 3.63) is 65.2 Å². The second-order valence-corrected chi connectivity index (χ2v) is 4.66. The third-order valence-electron chi connectivity index (χ3n) is 3.07. The summed E-state index contributed by atoms with van der Waals surface area (Å²) in [6.07, 6.45) is 0. The summed E-state index contributed by atoms with van der Waals surface area (Å²) in [6, 6.07) is 16.1. The second-order valence-electron chi connectivity index (χ2n) is 4.66. The average Bonchev–Trinajstić information content (AvgIpc) is 2.50. The molecule has 0 saturated heterocycles. The Kier molecular flexibility index (Phi) is 5.59. The minimum atomic E-state index is 0.0900. The third-order valence-corrected chi connectivity index (χ3v) is 3.07. The van der Waals surface area contributed by atoms with E-state index < -0.39 is 0 Å². The molecule has 0 unspecified atom stereocenters. The van der Waals surface area contributed by atoms with E-state index in [9.17, 15) is 0 Å². The van der Waals surface area contributed by atoms with E-state index in [-0.39, 0.29) is 6.61 Å². The lowest BCUT2D eigenvalue weighted by atomic mass is 10.1. The van der Waals surface area contributed by atoms with Crippen LogP contribution in [0.3, 0.4) is 0 Å². The SMILES string of the molecule is CCOc1ccc(CNCc2cccc(CO)c2)cc1. The van der Waals surface area contributed by atoms with E-state index in [0.717, 1.165) is 24.4 Å². The van der Waals surface area contributed by atoms with Crippen LogP contribution in [0.25, 0.3) is 0 Å². The van der Waals surface area contributed by atoms with Gasteiger partial charge in [-0.3, -0.25) is 0 Å². The molecule has 0 atom stereocenters. The fourth-order valence-electron chi connectivity index (χ4n) is 2.06. The topological polar surface area (TPSA) is 41.5 Å². The van der Waals surface area contributed by atoms with Crippen molar-refractivity contribution >= 4 is 0 Å². The minimum Gasteiger partial charge on any atom is -0.494 e. The number of hydrogen-bond acceptors (Lipinski definition) is 3. The van der Waals surface area contributed by atoms with Crippen molar-refractivity contribution in [2.75, 3.05) is 6.61 Å². The van der Waals surface area contributed by atoms with Crippen molar-refractivity contribution in [3.8, 4) is 5.75 Å². The van der Waals surface area contributed by atoms with Crippen molar-refractivity contribution < 1.29 is 9.84 Å². The van der Waals surface area contributed by atoms with Crippen molar-refractivity contribution in [2.24, 2.45) is 0 Å². The van der Waals surface area contributed by atoms with Crippen molar-refractivity contribution in [3.63, 3.8) is 0 Å². The summed E-state index contributed by atoms with van der Waals surface area (Å²) in [4.78, 5) is 0. The lowest BCUT2D eigenvalue weighted by molar-refractivity contribution is 0.281. The second kappa shape index (κ2) is 7.68. The van der Waals surface area contributed by atoms with E-state index in [2.05, 4.69) is 23.5 Å². The standard InChI is InChI=1S/C17H21NO2/c1-2-20-17-8-6-14(7-9-17)11-18-12-15-4-3-5-16(10-15)13-19/h3-10,18-19H,2,11-13H2,1H3. The molecule has 2 aromatic carbocycles. The van der Waals surface area contributed by atoms with Gasteiger partial charge >= 0.3 is 0 Å². The predicted molar refractivity (Wildman–Crippen MR) is 80.5 cm³/mol. The lowest BCUT2D eigenvalue weighted by Gasteiger charge is -2.08. The van der Waals surface area contributed by atoms with Gasteiger partial charge in [-0.05, 0) is 35.7 Å². The number of nitrogens with one attached hydrogen (secondary N) is 1. The molecular formula is C17H21NO2. The Morgan fingerprint density at radius 2 is 1.65 bits per heavy atom. The Hall–Kier alpha value is -1.84. The van der Waals surface area contributed by atoms with Crippen LogP contribution in [-0.2, 0) is 19.7 Å². The molecule has 0 aliphatic heterocycles. The van der Waals surface area contributed by atoms with Gasteiger partial charge < -0.3 is 15.2 Å². The maximum Gasteiger partial charge on any atom is 0.119 e. The fourth-order valence-corrected chi connectivity index (χ4v) is 2.06. The van der Waals surface area contributed by atoms with Gasteiger partial charge in [0.05, 0.1) is 13.2 Å². The predicted octanol–water partition coefficient (Wildman–Crippen LogP) is 2.87. The van der Waals surface area contributed by atoms with Gasteiger partial charge in [0.1, 0.15) is 5.75 Å². The van der Waals surface area contributed by atoms with Gasteiger partial charge in [0.15, 0.2) is 0 Å². The summed E-state index contributed by atoms with van der Waals surface area (Å²) in [5.41, 5.74) is 3.36. The number of ether oxygens (including phenoxy) is 1. The number of aliphatic hydroxyl groups is 1. The van der Waals surface area contributed by atoms with Crippen LogP contribution in [0.5, 0.6) is 5.75 Å². The number of rotatable bonds is 7. The molecule has 2 aromatic rings. The molecule has 0 fully saturated rings. The van der Waals surface area contributed by atoms with E-state index in [4.69, 9.17) is 9.84 Å². The smallest absolute Gasteiger partial charge is 0.119 e. The van der Waals surface area contributed by atoms with Gasteiger partial charge in [-0.1, -0.05) is 36.4 Å². The molecule has 0 amide bonds. The first-order chi connectivity index (χ1) is 9.81. The molecule has 3 nitrogen and oxygen atoms in total. The highest BCUT2D eigenvalue weighted by Crippen LogP contribution is 2.12. The zero-order chi connectivity index (χ0) is 14.2. The maximum atomic E-state index is 9.10. The quantitative estimate of drug-likeness (QED) is 0.813.